The van der Waals surface area contributed by atoms with E-state index in [-0.39, 0.29) is 0 Å². The molecule has 2 bridgehead atoms. The van der Waals surface area contributed by atoms with Gasteiger partial charge in [-0.1, -0.05) is 0 Å². The van der Waals surface area contributed by atoms with Gasteiger partial charge < -0.3 is 14.2 Å². The Morgan fingerprint density at radius 2 is 2.18 bits per heavy atom. The van der Waals surface area contributed by atoms with Crippen LogP contribution in [0.15, 0.2) is 4.52 Å². The second-order valence-electron chi connectivity index (χ2n) is 5.09. The first kappa shape index (κ1) is 11.0. The lowest BCUT2D eigenvalue weighted by Crippen LogP contribution is -2.34. The van der Waals surface area contributed by atoms with Crippen LogP contribution in [-0.4, -0.2) is 62.0 Å². The zero-order valence-corrected chi connectivity index (χ0v) is 10.5. The highest BCUT2D eigenvalue weighted by Crippen LogP contribution is 2.40. The number of aromatic nitrogens is 2. The van der Waals surface area contributed by atoms with Gasteiger partial charge in [-0.05, 0) is 5.16 Å². The fourth-order valence-electron chi connectivity index (χ4n) is 2.90. The summed E-state index contributed by atoms with van der Waals surface area (Å²) in [6.45, 7) is 3.13. The molecule has 4 unspecified atom stereocenters. The smallest absolute Gasteiger partial charge is 0.265 e. The number of rotatable bonds is 3. The van der Waals surface area contributed by atoms with Crippen LogP contribution in [0.2, 0.25) is 0 Å². The number of anilines is 1. The van der Waals surface area contributed by atoms with E-state index in [0.717, 1.165) is 25.5 Å². The van der Waals surface area contributed by atoms with Crippen LogP contribution in [-0.2, 0) is 4.74 Å². The van der Waals surface area contributed by atoms with Gasteiger partial charge in [-0.15, -0.1) is 0 Å². The molecular formula is C11H18N4O2. The van der Waals surface area contributed by atoms with E-state index in [2.05, 4.69) is 15.0 Å². The Labute approximate surface area is 101 Å². The first-order chi connectivity index (χ1) is 8.19. The van der Waals surface area contributed by atoms with Crippen LogP contribution in [0.25, 0.3) is 0 Å². The van der Waals surface area contributed by atoms with Crippen LogP contribution < -0.4 is 4.90 Å². The molecule has 6 heteroatoms. The van der Waals surface area contributed by atoms with E-state index < -0.39 is 0 Å². The van der Waals surface area contributed by atoms with Gasteiger partial charge in [0.1, 0.15) is 0 Å². The van der Waals surface area contributed by atoms with Crippen molar-refractivity contribution in [2.24, 2.45) is 5.92 Å². The lowest BCUT2D eigenvalue weighted by atomic mass is 9.90. The van der Waals surface area contributed by atoms with Crippen LogP contribution in [0, 0.1) is 5.92 Å². The molecular weight excluding hydrogens is 220 g/mol. The predicted octanol–water partition coefficient (Wildman–Crippen LogP) is 0.180. The van der Waals surface area contributed by atoms with Crippen molar-refractivity contribution in [3.63, 3.8) is 0 Å². The molecule has 3 rings (SSSR count). The van der Waals surface area contributed by atoms with Crippen molar-refractivity contribution in [3.8, 4) is 0 Å². The molecule has 2 saturated heterocycles. The molecule has 0 N–H and O–H groups in total. The summed E-state index contributed by atoms with van der Waals surface area (Å²) >= 11 is 0. The van der Waals surface area contributed by atoms with E-state index in [1.54, 1.807) is 7.11 Å². The minimum absolute atomic E-state index is 0.309. The largest absolute Gasteiger partial charge is 0.380 e. The summed E-state index contributed by atoms with van der Waals surface area (Å²) in [6.07, 6.45) is 0.309. The van der Waals surface area contributed by atoms with Crippen LogP contribution in [0.5, 0.6) is 0 Å². The SMILES string of the molecule is COC1CN2CC(c3nc(N(C)C)no3)C1C2. The molecule has 2 fully saturated rings. The molecule has 17 heavy (non-hydrogen) atoms. The molecule has 4 atom stereocenters. The summed E-state index contributed by atoms with van der Waals surface area (Å²) in [7, 11) is 5.61. The Balaban J connectivity index is 1.80. The van der Waals surface area contributed by atoms with Crippen molar-refractivity contribution >= 4 is 5.95 Å². The first-order valence-corrected chi connectivity index (χ1v) is 5.95. The second kappa shape index (κ2) is 3.96. The van der Waals surface area contributed by atoms with E-state index in [9.17, 15) is 0 Å². The van der Waals surface area contributed by atoms with Gasteiger partial charge in [0.15, 0.2) is 0 Å². The molecule has 0 spiro atoms. The van der Waals surface area contributed by atoms with Crippen molar-refractivity contribution < 1.29 is 9.26 Å². The first-order valence-electron chi connectivity index (χ1n) is 5.95. The van der Waals surface area contributed by atoms with E-state index >= 15 is 0 Å². The third-order valence-electron chi connectivity index (χ3n) is 3.81. The monoisotopic (exact) mass is 238 g/mol. The Morgan fingerprint density at radius 1 is 1.35 bits per heavy atom. The zero-order valence-electron chi connectivity index (χ0n) is 10.5. The number of ether oxygens (including phenoxy) is 1. The van der Waals surface area contributed by atoms with Gasteiger partial charge in [0, 0.05) is 46.8 Å². The van der Waals surface area contributed by atoms with E-state index in [1.807, 2.05) is 19.0 Å². The van der Waals surface area contributed by atoms with E-state index in [0.29, 0.717) is 23.9 Å². The fraction of sp³-hybridized carbons (Fsp3) is 0.818. The minimum Gasteiger partial charge on any atom is -0.380 e. The molecule has 94 valence electrons. The summed E-state index contributed by atoms with van der Waals surface area (Å²) in [5.74, 6) is 2.22. The van der Waals surface area contributed by atoms with Crippen molar-refractivity contribution in [2.45, 2.75) is 12.0 Å². The lowest BCUT2D eigenvalue weighted by Gasteiger charge is -2.25. The molecule has 2 aliphatic heterocycles. The van der Waals surface area contributed by atoms with Crippen LogP contribution in [0.4, 0.5) is 5.95 Å². The van der Waals surface area contributed by atoms with Crippen LogP contribution in [0.1, 0.15) is 11.8 Å². The van der Waals surface area contributed by atoms with E-state index in [4.69, 9.17) is 9.26 Å². The average Bonchev–Trinajstić information content (AvgIpc) is 3.01. The maximum absolute atomic E-state index is 5.51. The molecule has 2 aliphatic rings. The number of piperidine rings is 1. The van der Waals surface area contributed by atoms with Gasteiger partial charge in [-0.2, -0.15) is 4.98 Å². The molecule has 0 amide bonds. The topological polar surface area (TPSA) is 54.6 Å². The lowest BCUT2D eigenvalue weighted by molar-refractivity contribution is 0.0488. The van der Waals surface area contributed by atoms with E-state index in [1.165, 1.54) is 0 Å². The van der Waals surface area contributed by atoms with Gasteiger partial charge in [-0.3, -0.25) is 4.90 Å². The van der Waals surface area contributed by atoms with Crippen molar-refractivity contribution in [1.82, 2.24) is 15.0 Å². The number of nitrogens with zero attached hydrogens (tertiary/aromatic N) is 4. The third-order valence-corrected chi connectivity index (χ3v) is 3.81. The maximum Gasteiger partial charge on any atom is 0.265 e. The van der Waals surface area contributed by atoms with Crippen molar-refractivity contribution in [3.05, 3.63) is 5.89 Å². The highest BCUT2D eigenvalue weighted by atomic mass is 16.5. The van der Waals surface area contributed by atoms with Crippen molar-refractivity contribution in [2.75, 3.05) is 45.7 Å². The maximum atomic E-state index is 5.51. The number of fused-ring (bicyclic) bond motifs is 2. The number of methoxy groups -OCH3 is 1. The predicted molar refractivity (Wildman–Crippen MR) is 62.1 cm³/mol. The molecule has 1 aromatic heterocycles. The van der Waals surface area contributed by atoms with Crippen molar-refractivity contribution in [1.29, 1.82) is 0 Å². The van der Waals surface area contributed by atoms with Gasteiger partial charge in [0.25, 0.3) is 5.95 Å². The Morgan fingerprint density at radius 3 is 2.76 bits per heavy atom. The summed E-state index contributed by atoms with van der Waals surface area (Å²) in [6, 6.07) is 0. The average molecular weight is 238 g/mol. The summed E-state index contributed by atoms with van der Waals surface area (Å²) in [5, 5.41) is 3.98. The standard InChI is InChI=1S/C11H18N4O2/c1-14(2)11-12-10(17-13-11)8-5-15-4-7(8)9(6-15)16-3/h7-9H,4-6H2,1-3H3. The summed E-state index contributed by atoms with van der Waals surface area (Å²) in [5.41, 5.74) is 0. The Bertz CT molecular complexity index is 406. The quantitative estimate of drug-likeness (QED) is 0.748. The third kappa shape index (κ3) is 1.71. The fourth-order valence-corrected chi connectivity index (χ4v) is 2.90. The van der Waals surface area contributed by atoms with Gasteiger partial charge in [0.2, 0.25) is 5.89 Å². The molecule has 0 aromatic carbocycles. The van der Waals surface area contributed by atoms with Gasteiger partial charge >= 0.3 is 0 Å². The van der Waals surface area contributed by atoms with Gasteiger partial charge in [0.05, 0.1) is 12.0 Å². The molecule has 0 saturated carbocycles. The normalized spacial score (nSPS) is 35.5. The molecule has 3 heterocycles. The van der Waals surface area contributed by atoms with Crippen LogP contribution >= 0.6 is 0 Å². The number of hydrogen-bond donors (Lipinski definition) is 0. The Kier molecular flexibility index (Phi) is 2.56. The highest BCUT2D eigenvalue weighted by molar-refractivity contribution is 5.25. The molecule has 0 aliphatic carbocycles. The molecule has 1 aromatic rings. The highest BCUT2D eigenvalue weighted by Gasteiger charge is 2.48. The Hall–Kier alpha value is -1.14. The number of hydrogen-bond acceptors (Lipinski definition) is 6. The molecule has 0 radical (unpaired) electrons. The summed E-state index contributed by atoms with van der Waals surface area (Å²) < 4.78 is 10.9. The molecule has 6 nitrogen and oxygen atoms in total. The second-order valence-corrected chi connectivity index (χ2v) is 5.09. The summed E-state index contributed by atoms with van der Waals surface area (Å²) in [4.78, 5) is 8.71. The van der Waals surface area contributed by atoms with Gasteiger partial charge in [-0.25, -0.2) is 0 Å². The van der Waals surface area contributed by atoms with Crippen LogP contribution in [0.3, 0.4) is 0 Å². The minimum atomic E-state index is 0.309. The zero-order chi connectivity index (χ0) is 12.0.